The van der Waals surface area contributed by atoms with E-state index in [9.17, 15) is 9.59 Å². The van der Waals surface area contributed by atoms with Crippen LogP contribution in [-0.4, -0.2) is 39.9 Å². The number of anilines is 1. The van der Waals surface area contributed by atoms with Gasteiger partial charge in [-0.1, -0.05) is 47.1 Å². The van der Waals surface area contributed by atoms with Gasteiger partial charge in [0.25, 0.3) is 5.91 Å². The van der Waals surface area contributed by atoms with E-state index < -0.39 is 5.91 Å². The average molecular weight is 419 g/mol. The predicted molar refractivity (Wildman–Crippen MR) is 116 cm³/mol. The maximum atomic E-state index is 12.7. The molecule has 0 aliphatic carbocycles. The monoisotopic (exact) mass is 419 g/mol. The van der Waals surface area contributed by atoms with Crippen molar-refractivity contribution >= 4 is 17.5 Å². The fraction of sp³-hybridized carbons (Fsp3) is 0.304. The van der Waals surface area contributed by atoms with E-state index in [1.54, 1.807) is 24.3 Å². The van der Waals surface area contributed by atoms with Crippen molar-refractivity contribution in [3.05, 3.63) is 65.5 Å². The number of carbonyl (C=O) groups is 2. The largest absolute Gasteiger partial charge is 0.366 e. The van der Waals surface area contributed by atoms with Crippen molar-refractivity contribution in [1.82, 2.24) is 15.0 Å². The molecule has 8 nitrogen and oxygen atoms in total. The second kappa shape index (κ2) is 9.09. The minimum absolute atomic E-state index is 0.0900. The van der Waals surface area contributed by atoms with Crippen LogP contribution in [-0.2, 0) is 11.3 Å². The zero-order valence-electron chi connectivity index (χ0n) is 17.4. The molecule has 1 aliphatic rings. The number of likely N-dealkylation sites (tertiary alicyclic amines) is 1. The minimum Gasteiger partial charge on any atom is -0.366 e. The first-order valence-electron chi connectivity index (χ1n) is 10.3. The number of amides is 2. The maximum absolute atomic E-state index is 12.7. The summed E-state index contributed by atoms with van der Waals surface area (Å²) in [6, 6.07) is 14.8. The number of hydrogen-bond donors (Lipinski definition) is 2. The molecule has 160 valence electrons. The molecular formula is C23H25N5O3. The fourth-order valence-electron chi connectivity index (χ4n) is 3.73. The van der Waals surface area contributed by atoms with Gasteiger partial charge in [-0.15, -0.1) is 0 Å². The lowest BCUT2D eigenvalue weighted by atomic mass is 9.95. The molecule has 1 aliphatic heterocycles. The van der Waals surface area contributed by atoms with Crippen LogP contribution in [0.3, 0.4) is 0 Å². The molecule has 3 aromatic rings. The quantitative estimate of drug-likeness (QED) is 0.635. The van der Waals surface area contributed by atoms with Crippen LogP contribution in [0.4, 0.5) is 5.69 Å². The van der Waals surface area contributed by atoms with E-state index in [0.717, 1.165) is 18.7 Å². The number of benzene rings is 2. The third-order valence-corrected chi connectivity index (χ3v) is 5.55. The Labute approximate surface area is 180 Å². The maximum Gasteiger partial charge on any atom is 0.250 e. The summed E-state index contributed by atoms with van der Waals surface area (Å²) in [7, 11) is 0. The molecule has 0 atom stereocenters. The number of nitrogens with one attached hydrogen (secondary N) is 1. The average Bonchev–Trinajstić information content (AvgIpc) is 3.23. The summed E-state index contributed by atoms with van der Waals surface area (Å²) in [4.78, 5) is 30.9. The predicted octanol–water partition coefficient (Wildman–Crippen LogP) is 2.99. The highest BCUT2D eigenvalue weighted by molar-refractivity contribution is 6.03. The third-order valence-electron chi connectivity index (χ3n) is 5.55. The first kappa shape index (κ1) is 20.7. The standard InChI is InChI=1S/C23H25N5O3/c1-15-6-8-16(9-7-15)22-26-20(31-27-22)14-28-12-10-17(11-13-28)23(30)25-19-5-3-2-4-18(19)21(24)29/h2-9,17H,10-14H2,1H3,(H2,24,29)(H,25,30). The molecule has 1 fully saturated rings. The summed E-state index contributed by atoms with van der Waals surface area (Å²) in [5.74, 6) is 0.373. The Morgan fingerprint density at radius 1 is 1.13 bits per heavy atom. The van der Waals surface area contributed by atoms with Gasteiger partial charge in [0, 0.05) is 11.5 Å². The molecule has 2 amide bonds. The summed E-state index contributed by atoms with van der Waals surface area (Å²) >= 11 is 0. The smallest absolute Gasteiger partial charge is 0.250 e. The second-order valence-electron chi connectivity index (χ2n) is 7.83. The molecule has 1 aromatic heterocycles. The Balaban J connectivity index is 1.31. The molecule has 0 radical (unpaired) electrons. The molecule has 0 spiro atoms. The number of aromatic nitrogens is 2. The Morgan fingerprint density at radius 3 is 2.55 bits per heavy atom. The van der Waals surface area contributed by atoms with Crippen LogP contribution in [0.5, 0.6) is 0 Å². The van der Waals surface area contributed by atoms with Crippen molar-refractivity contribution < 1.29 is 14.1 Å². The molecule has 1 saturated heterocycles. The van der Waals surface area contributed by atoms with Crippen molar-refractivity contribution in [2.24, 2.45) is 11.7 Å². The van der Waals surface area contributed by atoms with Crippen molar-refractivity contribution in [1.29, 1.82) is 0 Å². The molecule has 8 heteroatoms. The third kappa shape index (κ3) is 4.97. The van der Waals surface area contributed by atoms with Gasteiger partial charge in [-0.3, -0.25) is 14.5 Å². The van der Waals surface area contributed by atoms with Crippen molar-refractivity contribution in [3.63, 3.8) is 0 Å². The van der Waals surface area contributed by atoms with E-state index in [-0.39, 0.29) is 11.8 Å². The van der Waals surface area contributed by atoms with Crippen LogP contribution in [0, 0.1) is 12.8 Å². The molecule has 2 aromatic carbocycles. The lowest BCUT2D eigenvalue weighted by Gasteiger charge is -2.30. The Kier molecular flexibility index (Phi) is 6.08. The zero-order valence-corrected chi connectivity index (χ0v) is 17.4. The van der Waals surface area contributed by atoms with Crippen LogP contribution >= 0.6 is 0 Å². The molecule has 2 heterocycles. The SMILES string of the molecule is Cc1ccc(-c2noc(CN3CCC(C(=O)Nc4ccccc4C(N)=O)CC3)n2)cc1. The highest BCUT2D eigenvalue weighted by Crippen LogP contribution is 2.23. The molecular weight excluding hydrogens is 394 g/mol. The number of aryl methyl sites for hydroxylation is 1. The van der Waals surface area contributed by atoms with Gasteiger partial charge in [0.2, 0.25) is 17.6 Å². The van der Waals surface area contributed by atoms with Gasteiger partial charge in [0.15, 0.2) is 0 Å². The number of para-hydroxylation sites is 1. The molecule has 0 bridgehead atoms. The second-order valence-corrected chi connectivity index (χ2v) is 7.83. The summed E-state index contributed by atoms with van der Waals surface area (Å²) in [5.41, 5.74) is 8.26. The molecule has 3 N–H and O–H groups in total. The topological polar surface area (TPSA) is 114 Å². The van der Waals surface area contributed by atoms with E-state index >= 15 is 0 Å². The Bertz CT molecular complexity index is 1070. The Hall–Kier alpha value is -3.52. The number of piperidine rings is 1. The van der Waals surface area contributed by atoms with Gasteiger partial charge < -0.3 is 15.6 Å². The summed E-state index contributed by atoms with van der Waals surface area (Å²) in [6.45, 7) is 4.08. The highest BCUT2D eigenvalue weighted by Gasteiger charge is 2.26. The number of nitrogens with zero attached hydrogens (tertiary/aromatic N) is 3. The number of carbonyl (C=O) groups excluding carboxylic acids is 2. The van der Waals surface area contributed by atoms with Crippen LogP contribution in [0.25, 0.3) is 11.4 Å². The van der Waals surface area contributed by atoms with Gasteiger partial charge in [-0.2, -0.15) is 4.98 Å². The highest BCUT2D eigenvalue weighted by atomic mass is 16.5. The molecule has 4 rings (SSSR count). The number of rotatable bonds is 6. The van der Waals surface area contributed by atoms with E-state index in [0.29, 0.717) is 42.4 Å². The van der Waals surface area contributed by atoms with Gasteiger partial charge in [-0.25, -0.2) is 0 Å². The Morgan fingerprint density at radius 2 is 1.84 bits per heavy atom. The number of primary amides is 1. The van der Waals surface area contributed by atoms with Crippen LogP contribution in [0.1, 0.15) is 34.7 Å². The molecule has 31 heavy (non-hydrogen) atoms. The summed E-state index contributed by atoms with van der Waals surface area (Å²) in [6.07, 6.45) is 1.42. The van der Waals surface area contributed by atoms with Gasteiger partial charge in [0.1, 0.15) is 0 Å². The van der Waals surface area contributed by atoms with Gasteiger partial charge in [-0.05, 0) is 45.0 Å². The van der Waals surface area contributed by atoms with E-state index in [2.05, 4.69) is 20.4 Å². The first-order chi connectivity index (χ1) is 15.0. The van der Waals surface area contributed by atoms with Gasteiger partial charge in [0.05, 0.1) is 17.8 Å². The fourth-order valence-corrected chi connectivity index (χ4v) is 3.73. The normalized spacial score (nSPS) is 15.0. The number of hydrogen-bond acceptors (Lipinski definition) is 6. The summed E-state index contributed by atoms with van der Waals surface area (Å²) < 4.78 is 5.42. The van der Waals surface area contributed by atoms with Crippen molar-refractivity contribution in [3.8, 4) is 11.4 Å². The van der Waals surface area contributed by atoms with E-state index in [1.807, 2.05) is 31.2 Å². The molecule has 0 saturated carbocycles. The van der Waals surface area contributed by atoms with Crippen LogP contribution in [0.2, 0.25) is 0 Å². The van der Waals surface area contributed by atoms with Crippen LogP contribution in [0.15, 0.2) is 53.1 Å². The number of nitrogens with two attached hydrogens (primary N) is 1. The zero-order chi connectivity index (χ0) is 21.8. The van der Waals surface area contributed by atoms with Crippen molar-refractivity contribution in [2.45, 2.75) is 26.3 Å². The lowest BCUT2D eigenvalue weighted by molar-refractivity contribution is -0.121. The molecule has 0 unspecified atom stereocenters. The minimum atomic E-state index is -0.560. The first-order valence-corrected chi connectivity index (χ1v) is 10.3. The lowest BCUT2D eigenvalue weighted by Crippen LogP contribution is -2.38. The van der Waals surface area contributed by atoms with Crippen LogP contribution < -0.4 is 11.1 Å². The van der Waals surface area contributed by atoms with E-state index in [4.69, 9.17) is 10.3 Å². The summed E-state index contributed by atoms with van der Waals surface area (Å²) in [5, 5.41) is 6.93. The van der Waals surface area contributed by atoms with Crippen molar-refractivity contribution in [2.75, 3.05) is 18.4 Å². The van der Waals surface area contributed by atoms with E-state index in [1.165, 1.54) is 5.56 Å². The van der Waals surface area contributed by atoms with Gasteiger partial charge >= 0.3 is 0 Å².